The van der Waals surface area contributed by atoms with E-state index >= 15 is 0 Å². The van der Waals surface area contributed by atoms with Crippen LogP contribution in [0, 0.1) is 5.92 Å². The molecule has 0 saturated carbocycles. The van der Waals surface area contributed by atoms with Crippen LogP contribution in [0.1, 0.15) is 32.6 Å². The van der Waals surface area contributed by atoms with Crippen molar-refractivity contribution in [1.29, 1.82) is 0 Å². The van der Waals surface area contributed by atoms with Gasteiger partial charge in [-0.25, -0.2) is 4.79 Å². The highest BCUT2D eigenvalue weighted by Crippen LogP contribution is 2.11. The summed E-state index contributed by atoms with van der Waals surface area (Å²) in [7, 11) is 3.84. The molecule has 0 spiro atoms. The van der Waals surface area contributed by atoms with E-state index in [4.69, 9.17) is 0 Å². The molecule has 22 heavy (non-hydrogen) atoms. The Morgan fingerprint density at radius 2 is 1.95 bits per heavy atom. The number of likely N-dealkylation sites (N-methyl/N-ethyl adjacent to an activating group) is 1. The van der Waals surface area contributed by atoms with Crippen LogP contribution in [0.3, 0.4) is 0 Å². The Hall–Kier alpha value is -1.76. The van der Waals surface area contributed by atoms with Crippen LogP contribution < -0.4 is 5.32 Å². The van der Waals surface area contributed by atoms with Gasteiger partial charge in [0.1, 0.15) is 0 Å². The lowest BCUT2D eigenvalue weighted by Crippen LogP contribution is -2.58. The summed E-state index contributed by atoms with van der Waals surface area (Å²) in [5, 5.41) is 2.23. The monoisotopic (exact) mass is 310 g/mol. The van der Waals surface area contributed by atoms with Crippen LogP contribution >= 0.6 is 0 Å². The fourth-order valence-electron chi connectivity index (χ4n) is 2.11. The van der Waals surface area contributed by atoms with E-state index in [0.717, 1.165) is 37.1 Å². The van der Waals surface area contributed by atoms with Gasteiger partial charge in [-0.2, -0.15) is 0 Å². The summed E-state index contributed by atoms with van der Waals surface area (Å²) in [5.41, 5.74) is 0. The topological polar surface area (TPSA) is 82.1 Å². The van der Waals surface area contributed by atoms with Crippen molar-refractivity contribution in [3.63, 3.8) is 0 Å². The number of urea groups is 1. The Kier molecular flexibility index (Phi) is 7.73. The maximum Gasteiger partial charge on any atom is 0.330 e. The van der Waals surface area contributed by atoms with Crippen LogP contribution in [0.5, 0.6) is 0 Å². The van der Waals surface area contributed by atoms with E-state index in [1.807, 2.05) is 19.0 Å². The van der Waals surface area contributed by atoms with Gasteiger partial charge in [-0.15, -0.1) is 0 Å². The highest BCUT2D eigenvalue weighted by atomic mass is 16.2. The molecule has 0 bridgehead atoms. The SMILES string of the molecule is CCCCCCN1C(=O)NC(=O)[C@H](C=NCCN(C)C)C1=O. The molecule has 124 valence electrons. The van der Waals surface area contributed by atoms with Crippen molar-refractivity contribution in [3.05, 3.63) is 0 Å². The molecule has 0 radical (unpaired) electrons. The Labute approximate surface area is 131 Å². The molecule has 1 N–H and O–H groups in total. The second-order valence-electron chi connectivity index (χ2n) is 5.68. The van der Waals surface area contributed by atoms with Gasteiger partial charge in [0.15, 0.2) is 5.92 Å². The van der Waals surface area contributed by atoms with Gasteiger partial charge in [-0.3, -0.25) is 24.8 Å². The van der Waals surface area contributed by atoms with E-state index in [0.29, 0.717) is 13.1 Å². The molecule has 1 atom stereocenters. The fourth-order valence-corrected chi connectivity index (χ4v) is 2.11. The Bertz CT molecular complexity index is 435. The summed E-state index contributed by atoms with van der Waals surface area (Å²) in [6, 6.07) is -0.621. The minimum Gasteiger partial charge on any atom is -0.308 e. The van der Waals surface area contributed by atoms with Crippen LogP contribution in [0.25, 0.3) is 0 Å². The molecular weight excluding hydrogens is 284 g/mol. The largest absolute Gasteiger partial charge is 0.330 e. The van der Waals surface area contributed by atoms with Crippen LogP contribution in [-0.2, 0) is 9.59 Å². The van der Waals surface area contributed by atoms with Gasteiger partial charge in [0, 0.05) is 19.3 Å². The molecule has 1 heterocycles. The third kappa shape index (κ3) is 5.55. The quantitative estimate of drug-likeness (QED) is 0.389. The summed E-state index contributed by atoms with van der Waals surface area (Å²) in [5.74, 6) is -2.06. The molecule has 4 amide bonds. The molecule has 7 heteroatoms. The van der Waals surface area contributed by atoms with Crippen molar-refractivity contribution in [1.82, 2.24) is 15.1 Å². The number of nitrogens with zero attached hydrogens (tertiary/aromatic N) is 3. The number of unbranched alkanes of at least 4 members (excludes halogenated alkanes) is 3. The average molecular weight is 310 g/mol. The van der Waals surface area contributed by atoms with Crippen LogP contribution in [-0.4, -0.2) is 67.6 Å². The number of carbonyl (C=O) groups excluding carboxylic acids is 3. The summed E-state index contributed by atoms with van der Waals surface area (Å²) >= 11 is 0. The van der Waals surface area contributed by atoms with Crippen LogP contribution in [0.15, 0.2) is 4.99 Å². The van der Waals surface area contributed by atoms with Gasteiger partial charge < -0.3 is 4.90 Å². The van der Waals surface area contributed by atoms with E-state index in [2.05, 4.69) is 17.2 Å². The molecule has 0 aromatic rings. The van der Waals surface area contributed by atoms with Gasteiger partial charge in [0.05, 0.1) is 6.54 Å². The molecule has 7 nitrogen and oxygen atoms in total. The highest BCUT2D eigenvalue weighted by molar-refractivity contribution is 6.23. The second kappa shape index (κ2) is 9.30. The van der Waals surface area contributed by atoms with Gasteiger partial charge in [-0.1, -0.05) is 26.2 Å². The summed E-state index contributed by atoms with van der Waals surface area (Å²) in [6.07, 6.45) is 5.22. The number of hydrogen-bond acceptors (Lipinski definition) is 5. The molecule has 0 aromatic carbocycles. The van der Waals surface area contributed by atoms with Crippen molar-refractivity contribution < 1.29 is 14.4 Å². The number of hydrogen-bond donors (Lipinski definition) is 1. The van der Waals surface area contributed by atoms with Gasteiger partial charge in [0.2, 0.25) is 11.8 Å². The number of carbonyl (C=O) groups is 3. The van der Waals surface area contributed by atoms with E-state index in [1.165, 1.54) is 6.21 Å². The summed E-state index contributed by atoms with van der Waals surface area (Å²) in [6.45, 7) is 3.69. The first-order chi connectivity index (χ1) is 10.5. The minimum absolute atomic E-state index is 0.347. The smallest absolute Gasteiger partial charge is 0.308 e. The van der Waals surface area contributed by atoms with Gasteiger partial charge in [-0.05, 0) is 20.5 Å². The third-order valence-corrected chi connectivity index (χ3v) is 3.46. The summed E-state index contributed by atoms with van der Waals surface area (Å²) < 4.78 is 0. The number of imide groups is 2. The Balaban J connectivity index is 2.59. The number of rotatable bonds is 9. The molecule has 0 unspecified atom stereocenters. The van der Waals surface area contributed by atoms with Crippen molar-refractivity contribution in [2.45, 2.75) is 32.6 Å². The summed E-state index contributed by atoms with van der Waals surface area (Å²) in [4.78, 5) is 43.0. The first-order valence-electron chi connectivity index (χ1n) is 7.78. The zero-order chi connectivity index (χ0) is 16.5. The van der Waals surface area contributed by atoms with Gasteiger partial charge >= 0.3 is 6.03 Å². The van der Waals surface area contributed by atoms with E-state index in [9.17, 15) is 14.4 Å². The van der Waals surface area contributed by atoms with Crippen molar-refractivity contribution >= 4 is 24.1 Å². The molecule has 1 aliphatic heterocycles. The second-order valence-corrected chi connectivity index (χ2v) is 5.68. The average Bonchev–Trinajstić information content (AvgIpc) is 2.45. The lowest BCUT2D eigenvalue weighted by molar-refractivity contribution is -0.139. The molecule has 1 fully saturated rings. The number of nitrogens with one attached hydrogen (secondary N) is 1. The van der Waals surface area contributed by atoms with Gasteiger partial charge in [0.25, 0.3) is 0 Å². The molecule has 1 saturated heterocycles. The zero-order valence-corrected chi connectivity index (χ0v) is 13.7. The first-order valence-corrected chi connectivity index (χ1v) is 7.78. The number of aliphatic imine (C=N–C) groups is 1. The molecular formula is C15H26N4O3. The lowest BCUT2D eigenvalue weighted by Gasteiger charge is -2.28. The van der Waals surface area contributed by atoms with E-state index in [-0.39, 0.29) is 0 Å². The predicted molar refractivity (Wildman–Crippen MR) is 84.8 cm³/mol. The normalized spacial score (nSPS) is 19.4. The van der Waals surface area contributed by atoms with E-state index in [1.54, 1.807) is 0 Å². The zero-order valence-electron chi connectivity index (χ0n) is 13.7. The Morgan fingerprint density at radius 1 is 1.23 bits per heavy atom. The Morgan fingerprint density at radius 3 is 2.59 bits per heavy atom. The minimum atomic E-state index is -0.994. The van der Waals surface area contributed by atoms with Crippen molar-refractivity contribution in [3.8, 4) is 0 Å². The molecule has 1 aliphatic rings. The van der Waals surface area contributed by atoms with Crippen LogP contribution in [0.2, 0.25) is 0 Å². The first kappa shape index (κ1) is 18.3. The van der Waals surface area contributed by atoms with E-state index < -0.39 is 23.8 Å². The standard InChI is InChI=1S/C15H26N4O3/c1-4-5-6-7-9-19-14(21)12(13(20)17-15(19)22)11-16-8-10-18(2)3/h11-12H,4-10H2,1-3H3,(H,17,20,22)/t12-/m0/s1. The number of barbiturate groups is 1. The number of amides is 4. The predicted octanol–water partition coefficient (Wildman–Crippen LogP) is 0.894. The fraction of sp³-hybridized carbons (Fsp3) is 0.733. The maximum absolute atomic E-state index is 12.3. The third-order valence-electron chi connectivity index (χ3n) is 3.46. The molecule has 0 aromatic heterocycles. The maximum atomic E-state index is 12.3. The van der Waals surface area contributed by atoms with Crippen LogP contribution in [0.4, 0.5) is 4.79 Å². The lowest BCUT2D eigenvalue weighted by atomic mass is 10.1. The van der Waals surface area contributed by atoms with Crippen molar-refractivity contribution in [2.75, 3.05) is 33.7 Å². The van der Waals surface area contributed by atoms with Crippen molar-refractivity contribution in [2.24, 2.45) is 10.9 Å². The highest BCUT2D eigenvalue weighted by Gasteiger charge is 2.38. The molecule has 0 aliphatic carbocycles. The molecule has 1 rings (SSSR count).